The second-order valence-corrected chi connectivity index (χ2v) is 11.1. The molecular formula is C30H35ClN2O8. The van der Waals surface area contributed by atoms with E-state index in [1.807, 2.05) is 0 Å². The summed E-state index contributed by atoms with van der Waals surface area (Å²) in [6.07, 6.45) is 0.944. The van der Waals surface area contributed by atoms with Gasteiger partial charge in [0.15, 0.2) is 11.5 Å². The normalized spacial score (nSPS) is 11.4. The Bertz CT molecular complexity index is 1410. The van der Waals surface area contributed by atoms with Gasteiger partial charge in [0.05, 0.1) is 12.8 Å². The number of benzene rings is 2. The molecule has 1 N–H and O–H groups in total. The molecule has 3 aromatic rings. The summed E-state index contributed by atoms with van der Waals surface area (Å²) < 4.78 is 29.1. The quantitative estimate of drug-likeness (QED) is 0.301. The van der Waals surface area contributed by atoms with Crippen molar-refractivity contribution in [2.45, 2.75) is 52.4 Å². The van der Waals surface area contributed by atoms with Crippen molar-refractivity contribution in [3.63, 3.8) is 0 Å². The molecule has 0 aliphatic rings. The number of hydrogen-bond acceptors (Lipinski definition) is 8. The largest absolute Gasteiger partial charge is 0.493 e. The summed E-state index contributed by atoms with van der Waals surface area (Å²) in [5.74, 6) is 0.786. The van der Waals surface area contributed by atoms with Crippen molar-refractivity contribution in [1.82, 2.24) is 9.88 Å². The van der Waals surface area contributed by atoms with E-state index >= 15 is 0 Å². The third kappa shape index (κ3) is 10.1. The van der Waals surface area contributed by atoms with Crippen LogP contribution in [0.2, 0.25) is 5.02 Å². The third-order valence-electron chi connectivity index (χ3n) is 5.37. The molecule has 3 rings (SSSR count). The van der Waals surface area contributed by atoms with Gasteiger partial charge in [-0.05, 0) is 82.6 Å². The maximum Gasteiger partial charge on any atom is 0.408 e. The van der Waals surface area contributed by atoms with E-state index in [2.05, 4.69) is 5.32 Å². The van der Waals surface area contributed by atoms with Crippen molar-refractivity contribution < 1.29 is 33.3 Å². The van der Waals surface area contributed by atoms with Crippen LogP contribution in [0.15, 0.2) is 65.6 Å². The lowest BCUT2D eigenvalue weighted by Gasteiger charge is -2.26. The van der Waals surface area contributed by atoms with Gasteiger partial charge in [-0.3, -0.25) is 14.2 Å². The predicted molar refractivity (Wildman–Crippen MR) is 154 cm³/mol. The van der Waals surface area contributed by atoms with Crippen LogP contribution in [0.5, 0.6) is 17.2 Å². The van der Waals surface area contributed by atoms with E-state index in [4.69, 9.17) is 35.3 Å². The van der Waals surface area contributed by atoms with Gasteiger partial charge in [0.1, 0.15) is 36.7 Å². The van der Waals surface area contributed by atoms with Crippen LogP contribution < -0.4 is 25.1 Å². The number of halogens is 1. The molecule has 0 radical (unpaired) electrons. The molecule has 220 valence electrons. The molecule has 0 aliphatic carbocycles. The second kappa shape index (κ2) is 13.5. The fourth-order valence-electron chi connectivity index (χ4n) is 3.53. The number of rotatable bonds is 11. The van der Waals surface area contributed by atoms with Gasteiger partial charge in [-0.15, -0.1) is 0 Å². The van der Waals surface area contributed by atoms with Crippen LogP contribution >= 0.6 is 11.6 Å². The van der Waals surface area contributed by atoms with Crippen molar-refractivity contribution in [2.24, 2.45) is 0 Å². The highest BCUT2D eigenvalue weighted by Crippen LogP contribution is 2.30. The number of nitrogens with zero attached hydrogens (tertiary/aromatic N) is 1. The fourth-order valence-corrected chi connectivity index (χ4v) is 3.66. The molecule has 41 heavy (non-hydrogen) atoms. The highest BCUT2D eigenvalue weighted by molar-refractivity contribution is 6.30. The Balaban J connectivity index is 1.59. The van der Waals surface area contributed by atoms with Crippen LogP contribution in [-0.4, -0.2) is 48.1 Å². The van der Waals surface area contributed by atoms with E-state index in [0.717, 1.165) is 0 Å². The zero-order valence-electron chi connectivity index (χ0n) is 24.0. The van der Waals surface area contributed by atoms with E-state index < -0.39 is 23.3 Å². The third-order valence-corrected chi connectivity index (χ3v) is 5.62. The Morgan fingerprint density at radius 2 is 1.61 bits per heavy atom. The molecule has 0 bridgehead atoms. The maximum atomic E-state index is 12.8. The van der Waals surface area contributed by atoms with Crippen molar-refractivity contribution in [2.75, 3.05) is 20.3 Å². The van der Waals surface area contributed by atoms with Crippen molar-refractivity contribution in [3.8, 4) is 22.9 Å². The molecule has 0 saturated heterocycles. The number of ether oxygens (including phenoxy) is 5. The first-order valence-electron chi connectivity index (χ1n) is 12.8. The van der Waals surface area contributed by atoms with E-state index in [9.17, 15) is 14.4 Å². The molecule has 0 unspecified atom stereocenters. The predicted octanol–water partition coefficient (Wildman–Crippen LogP) is 5.30. The van der Waals surface area contributed by atoms with Gasteiger partial charge in [-0.25, -0.2) is 4.79 Å². The fraction of sp³-hybridized carbons (Fsp3) is 0.367. The van der Waals surface area contributed by atoms with Crippen LogP contribution in [0.25, 0.3) is 5.69 Å². The number of alkyl carbamates (subject to hydrolysis) is 1. The summed E-state index contributed by atoms with van der Waals surface area (Å²) in [5.41, 5.74) is -0.655. The molecular weight excluding hydrogens is 552 g/mol. The Kier molecular flexibility index (Phi) is 10.3. The number of amides is 1. The SMILES string of the molecule is COc1cc(-n2ccc(COc3ccc(Cl)cc3)cc2=O)ccc1OCC(C)(C)OC(=O)CNC(=O)OC(C)(C)C. The summed E-state index contributed by atoms with van der Waals surface area (Å²) in [7, 11) is 1.49. The molecule has 0 aliphatic heterocycles. The lowest BCUT2D eigenvalue weighted by atomic mass is 10.1. The van der Waals surface area contributed by atoms with Crippen molar-refractivity contribution in [3.05, 3.63) is 81.7 Å². The average Bonchev–Trinajstić information content (AvgIpc) is 2.89. The standard InChI is InChI=1S/C30H35ClN2O8/c1-29(2,3)41-28(36)32-17-27(35)40-30(4,5)19-39-24-12-9-22(16-25(24)37-6)33-14-13-20(15-26(33)34)18-38-23-10-7-21(31)8-11-23/h7-16H,17-19H2,1-6H3,(H,32,36). The first-order chi connectivity index (χ1) is 19.2. The molecule has 10 nitrogen and oxygen atoms in total. The van der Waals surface area contributed by atoms with Gasteiger partial charge < -0.3 is 29.0 Å². The molecule has 0 saturated carbocycles. The number of methoxy groups -OCH3 is 1. The first-order valence-corrected chi connectivity index (χ1v) is 13.2. The van der Waals surface area contributed by atoms with Gasteiger partial charge >= 0.3 is 12.1 Å². The van der Waals surface area contributed by atoms with Gasteiger partial charge in [-0.1, -0.05) is 11.6 Å². The topological polar surface area (TPSA) is 114 Å². The van der Waals surface area contributed by atoms with E-state index in [0.29, 0.717) is 33.5 Å². The summed E-state index contributed by atoms with van der Waals surface area (Å²) in [5, 5.41) is 2.98. The smallest absolute Gasteiger partial charge is 0.408 e. The number of pyridine rings is 1. The lowest BCUT2D eigenvalue weighted by molar-refractivity contribution is -0.157. The molecule has 0 atom stereocenters. The maximum absolute atomic E-state index is 12.8. The average molecular weight is 587 g/mol. The Labute approximate surface area is 244 Å². The van der Waals surface area contributed by atoms with Crippen LogP contribution in [0.4, 0.5) is 4.79 Å². The Hall–Kier alpha value is -4.18. The summed E-state index contributed by atoms with van der Waals surface area (Å²) >= 11 is 5.90. The van der Waals surface area contributed by atoms with Crippen LogP contribution in [0.1, 0.15) is 40.2 Å². The van der Waals surface area contributed by atoms with Crippen LogP contribution in [0, 0.1) is 0 Å². The summed E-state index contributed by atoms with van der Waals surface area (Å²) in [4.78, 5) is 36.8. The minimum Gasteiger partial charge on any atom is -0.493 e. The molecule has 1 aromatic heterocycles. The van der Waals surface area contributed by atoms with Gasteiger partial charge in [-0.2, -0.15) is 0 Å². The van der Waals surface area contributed by atoms with Gasteiger partial charge in [0.25, 0.3) is 5.56 Å². The summed E-state index contributed by atoms with van der Waals surface area (Å²) in [6.45, 7) is 8.41. The number of esters is 1. The van der Waals surface area contributed by atoms with Gasteiger partial charge in [0.2, 0.25) is 0 Å². The minimum atomic E-state index is -1.02. The van der Waals surface area contributed by atoms with E-state index in [1.54, 1.807) is 89.3 Å². The molecule has 1 heterocycles. The monoisotopic (exact) mass is 586 g/mol. The Morgan fingerprint density at radius 1 is 0.902 bits per heavy atom. The highest BCUT2D eigenvalue weighted by Gasteiger charge is 2.26. The number of hydrogen-bond donors (Lipinski definition) is 1. The number of carbonyl (C=O) groups excluding carboxylic acids is 2. The molecule has 2 aromatic carbocycles. The van der Waals surface area contributed by atoms with Crippen molar-refractivity contribution >= 4 is 23.7 Å². The number of nitrogens with one attached hydrogen (secondary N) is 1. The van der Waals surface area contributed by atoms with E-state index in [1.165, 1.54) is 17.7 Å². The zero-order chi connectivity index (χ0) is 30.2. The number of carbonyl (C=O) groups is 2. The number of aromatic nitrogens is 1. The molecule has 11 heteroatoms. The molecule has 0 spiro atoms. The highest BCUT2D eigenvalue weighted by atomic mass is 35.5. The Morgan fingerprint density at radius 3 is 2.24 bits per heavy atom. The molecule has 1 amide bonds. The van der Waals surface area contributed by atoms with Crippen molar-refractivity contribution in [1.29, 1.82) is 0 Å². The van der Waals surface area contributed by atoms with E-state index in [-0.39, 0.29) is 25.3 Å². The minimum absolute atomic E-state index is 0.00312. The first kappa shape index (κ1) is 31.3. The summed E-state index contributed by atoms with van der Waals surface area (Å²) in [6, 6.07) is 15.3. The lowest BCUT2D eigenvalue weighted by Crippen LogP contribution is -2.40. The van der Waals surface area contributed by atoms with Gasteiger partial charge in [0, 0.05) is 23.4 Å². The second-order valence-electron chi connectivity index (χ2n) is 10.7. The van der Waals surface area contributed by atoms with Crippen LogP contribution in [0.3, 0.4) is 0 Å². The zero-order valence-corrected chi connectivity index (χ0v) is 24.7. The van der Waals surface area contributed by atoms with Crippen LogP contribution in [-0.2, 0) is 20.9 Å². The molecule has 0 fully saturated rings.